The molecule has 5 nitrogen and oxygen atoms in total. The van der Waals surface area contributed by atoms with Gasteiger partial charge in [0.25, 0.3) is 0 Å². The minimum atomic E-state index is 0.528. The van der Waals surface area contributed by atoms with Crippen LogP contribution in [0.15, 0.2) is 66.7 Å². The maximum Gasteiger partial charge on any atom is 0.185 e. The molecular weight excluding hydrogens is 371 g/mol. The number of rotatable bonds is 6. The first-order chi connectivity index (χ1) is 14.7. The third-order valence-electron chi connectivity index (χ3n) is 5.60. The summed E-state index contributed by atoms with van der Waals surface area (Å²) in [7, 11) is 2.20. The number of pyridine rings is 1. The summed E-state index contributed by atoms with van der Waals surface area (Å²) in [5, 5.41) is 6.04. The number of fused-ring (bicyclic) bond motifs is 1. The number of terminal acetylenes is 1. The standard InChI is InChI=1S/C24H25BN4O/c1-3-5-8-20(4-2)30-21-11-9-18(10-12-21)24-22-16-26-14-13-23(22)29(27-24)17-19-7-6-15-28(19)25/h1,4-5,8-14,16,19H,6-7,15,17,25H2,2H3/b8-5-,20-4+. The number of nitrogens with zero attached hydrogens (tertiary/aromatic N) is 4. The Bertz CT molecular complexity index is 1120. The first-order valence-electron chi connectivity index (χ1n) is 10.3. The lowest BCUT2D eigenvalue weighted by molar-refractivity contribution is 0.364. The molecule has 0 bridgehead atoms. The summed E-state index contributed by atoms with van der Waals surface area (Å²) in [6.07, 6.45) is 16.8. The van der Waals surface area contributed by atoms with Gasteiger partial charge in [-0.15, -0.1) is 6.42 Å². The second-order valence-corrected chi connectivity index (χ2v) is 7.52. The second-order valence-electron chi connectivity index (χ2n) is 7.52. The van der Waals surface area contributed by atoms with Crippen molar-refractivity contribution in [2.75, 3.05) is 6.54 Å². The highest BCUT2D eigenvalue weighted by atomic mass is 16.5. The van der Waals surface area contributed by atoms with E-state index in [1.807, 2.05) is 49.7 Å². The molecule has 1 aromatic carbocycles. The van der Waals surface area contributed by atoms with Crippen molar-refractivity contribution in [3.63, 3.8) is 0 Å². The maximum absolute atomic E-state index is 5.89. The van der Waals surface area contributed by atoms with E-state index in [-0.39, 0.29) is 0 Å². The van der Waals surface area contributed by atoms with Crippen LogP contribution >= 0.6 is 0 Å². The van der Waals surface area contributed by atoms with Crippen LogP contribution in [-0.2, 0) is 6.54 Å². The summed E-state index contributed by atoms with van der Waals surface area (Å²) in [5.41, 5.74) is 3.11. The fourth-order valence-corrected chi connectivity index (χ4v) is 3.92. The van der Waals surface area contributed by atoms with E-state index in [1.165, 1.54) is 12.8 Å². The predicted molar refractivity (Wildman–Crippen MR) is 124 cm³/mol. The van der Waals surface area contributed by atoms with Gasteiger partial charge in [0.05, 0.1) is 12.1 Å². The van der Waals surface area contributed by atoms with Crippen molar-refractivity contribution in [1.29, 1.82) is 0 Å². The van der Waals surface area contributed by atoms with Crippen LogP contribution in [0.1, 0.15) is 19.8 Å². The number of hydrogen-bond acceptors (Lipinski definition) is 4. The Hall–Kier alpha value is -3.30. The van der Waals surface area contributed by atoms with Gasteiger partial charge in [-0.1, -0.05) is 5.92 Å². The topological polar surface area (TPSA) is 43.2 Å². The summed E-state index contributed by atoms with van der Waals surface area (Å²) in [5.74, 6) is 3.94. The van der Waals surface area contributed by atoms with E-state index in [0.29, 0.717) is 11.8 Å². The van der Waals surface area contributed by atoms with Crippen LogP contribution in [-0.4, -0.2) is 40.1 Å². The molecule has 1 atom stereocenters. The van der Waals surface area contributed by atoms with Crippen molar-refractivity contribution in [2.45, 2.75) is 32.4 Å². The number of allylic oxidation sites excluding steroid dienone is 3. The highest BCUT2D eigenvalue weighted by molar-refractivity contribution is 6.04. The Labute approximate surface area is 178 Å². The molecule has 0 saturated carbocycles. The highest BCUT2D eigenvalue weighted by Gasteiger charge is 2.23. The van der Waals surface area contributed by atoms with Gasteiger partial charge < -0.3 is 9.55 Å². The number of aromatic nitrogens is 3. The van der Waals surface area contributed by atoms with E-state index in [1.54, 1.807) is 12.2 Å². The Balaban J connectivity index is 1.61. The van der Waals surface area contributed by atoms with Crippen LogP contribution in [0, 0.1) is 12.3 Å². The first kappa shape index (κ1) is 20.0. The lowest BCUT2D eigenvalue weighted by Gasteiger charge is -2.20. The van der Waals surface area contributed by atoms with Gasteiger partial charge in [0.2, 0.25) is 0 Å². The van der Waals surface area contributed by atoms with Gasteiger partial charge in [0.1, 0.15) is 17.2 Å². The molecule has 1 unspecified atom stereocenters. The van der Waals surface area contributed by atoms with E-state index < -0.39 is 0 Å². The van der Waals surface area contributed by atoms with Crippen LogP contribution in [0.3, 0.4) is 0 Å². The van der Waals surface area contributed by atoms with Gasteiger partial charge in [-0.25, -0.2) is 0 Å². The molecule has 1 saturated heterocycles. The first-order valence-corrected chi connectivity index (χ1v) is 10.3. The smallest absolute Gasteiger partial charge is 0.185 e. The summed E-state index contributed by atoms with van der Waals surface area (Å²) in [4.78, 5) is 6.76. The van der Waals surface area contributed by atoms with Crippen molar-refractivity contribution in [1.82, 2.24) is 19.6 Å². The lowest BCUT2D eigenvalue weighted by atomic mass is 10.1. The molecule has 0 amide bonds. The Kier molecular flexibility index (Phi) is 6.01. The van der Waals surface area contributed by atoms with Gasteiger partial charge >= 0.3 is 0 Å². The molecule has 0 radical (unpaired) electrons. The molecular formula is C24H25BN4O. The van der Waals surface area contributed by atoms with Gasteiger partial charge in [-0.2, -0.15) is 5.10 Å². The van der Waals surface area contributed by atoms with E-state index in [9.17, 15) is 0 Å². The average Bonchev–Trinajstić information content (AvgIpc) is 3.35. The Morgan fingerprint density at radius 2 is 2.17 bits per heavy atom. The van der Waals surface area contributed by atoms with E-state index >= 15 is 0 Å². The zero-order chi connectivity index (χ0) is 20.9. The van der Waals surface area contributed by atoms with Crippen molar-refractivity contribution >= 4 is 18.9 Å². The van der Waals surface area contributed by atoms with Crippen molar-refractivity contribution in [3.8, 4) is 29.4 Å². The molecule has 1 aliphatic heterocycles. The number of hydrogen-bond donors (Lipinski definition) is 0. The molecule has 3 heterocycles. The largest absolute Gasteiger partial charge is 0.458 e. The number of ether oxygens (including phenoxy) is 1. The zero-order valence-corrected chi connectivity index (χ0v) is 17.5. The lowest BCUT2D eigenvalue weighted by Crippen LogP contribution is -2.30. The van der Waals surface area contributed by atoms with E-state index in [0.717, 1.165) is 41.0 Å². The Morgan fingerprint density at radius 1 is 1.33 bits per heavy atom. The fourth-order valence-electron chi connectivity index (χ4n) is 3.92. The predicted octanol–water partition coefficient (Wildman–Crippen LogP) is 3.58. The maximum atomic E-state index is 5.89. The molecule has 150 valence electrons. The molecule has 1 aliphatic rings. The van der Waals surface area contributed by atoms with E-state index in [4.69, 9.17) is 16.3 Å². The third kappa shape index (κ3) is 4.17. The minimum absolute atomic E-state index is 0.528. The molecule has 30 heavy (non-hydrogen) atoms. The van der Waals surface area contributed by atoms with E-state index in [2.05, 4.69) is 34.4 Å². The summed E-state index contributed by atoms with van der Waals surface area (Å²) < 4.78 is 8.02. The number of benzene rings is 1. The second kappa shape index (κ2) is 9.02. The quantitative estimate of drug-likeness (QED) is 0.277. The monoisotopic (exact) mass is 396 g/mol. The average molecular weight is 396 g/mol. The van der Waals surface area contributed by atoms with Crippen LogP contribution in [0.2, 0.25) is 0 Å². The molecule has 2 aromatic heterocycles. The normalized spacial score (nSPS) is 17.6. The molecule has 1 fully saturated rings. The fraction of sp³-hybridized carbons (Fsp3) is 0.250. The molecule has 0 aliphatic carbocycles. The van der Waals surface area contributed by atoms with Crippen molar-refractivity contribution < 1.29 is 4.74 Å². The molecule has 4 rings (SSSR count). The SMILES string of the molecule is BN1CCCC1Cn1nc(-c2ccc(OC(/C=C\C#C)=C/C)cc2)c2cnccc21. The van der Waals surface area contributed by atoms with Gasteiger partial charge in [-0.3, -0.25) is 9.67 Å². The van der Waals surface area contributed by atoms with Crippen LogP contribution in [0.4, 0.5) is 0 Å². The summed E-state index contributed by atoms with van der Waals surface area (Å²) in [6.45, 7) is 3.97. The van der Waals surface area contributed by atoms with Crippen molar-refractivity contribution in [2.24, 2.45) is 0 Å². The summed E-state index contributed by atoms with van der Waals surface area (Å²) in [6, 6.07) is 10.6. The van der Waals surface area contributed by atoms with Gasteiger partial charge in [0.15, 0.2) is 7.98 Å². The highest BCUT2D eigenvalue weighted by Crippen LogP contribution is 2.30. The summed E-state index contributed by atoms with van der Waals surface area (Å²) >= 11 is 0. The Morgan fingerprint density at radius 3 is 2.87 bits per heavy atom. The molecule has 6 heteroatoms. The minimum Gasteiger partial charge on any atom is -0.458 e. The van der Waals surface area contributed by atoms with Gasteiger partial charge in [0, 0.05) is 29.4 Å². The zero-order valence-electron chi connectivity index (χ0n) is 17.5. The van der Waals surface area contributed by atoms with Crippen LogP contribution in [0.25, 0.3) is 22.2 Å². The van der Waals surface area contributed by atoms with Crippen molar-refractivity contribution in [3.05, 3.63) is 66.7 Å². The van der Waals surface area contributed by atoms with Gasteiger partial charge in [-0.05, 0) is 74.9 Å². The van der Waals surface area contributed by atoms with Crippen LogP contribution in [0.5, 0.6) is 5.75 Å². The molecule has 3 aromatic rings. The molecule has 0 N–H and O–H groups in total. The van der Waals surface area contributed by atoms with Crippen LogP contribution < -0.4 is 4.74 Å². The third-order valence-corrected chi connectivity index (χ3v) is 5.60. The molecule has 0 spiro atoms.